The minimum absolute atomic E-state index is 0.00183. The second-order valence-electron chi connectivity index (χ2n) is 4.34. The number of amides is 1. The Hall–Kier alpha value is -1.39. The average molecular weight is 295 g/mol. The van der Waals surface area contributed by atoms with Gasteiger partial charge in [0.25, 0.3) is 5.91 Å². The van der Waals surface area contributed by atoms with Gasteiger partial charge in [0, 0.05) is 29.6 Å². The maximum absolute atomic E-state index is 12.3. The summed E-state index contributed by atoms with van der Waals surface area (Å²) in [5.74, 6) is 0.414. The van der Waals surface area contributed by atoms with E-state index in [4.69, 9.17) is 11.6 Å². The van der Waals surface area contributed by atoms with Gasteiger partial charge in [-0.05, 0) is 24.6 Å². The van der Waals surface area contributed by atoms with Crippen LogP contribution in [0.25, 0.3) is 0 Å². The Morgan fingerprint density at radius 3 is 2.89 bits per heavy atom. The molecule has 1 aromatic carbocycles. The van der Waals surface area contributed by atoms with Crippen molar-refractivity contribution in [1.82, 2.24) is 9.88 Å². The number of carbonyl (C=O) groups excluding carboxylic acids is 1. The first-order valence-electron chi connectivity index (χ1n) is 5.92. The normalized spacial score (nSPS) is 10.5. The predicted octanol–water partition coefficient (Wildman–Crippen LogP) is 3.46. The number of benzene rings is 1. The van der Waals surface area contributed by atoms with E-state index in [9.17, 15) is 4.79 Å². The summed E-state index contributed by atoms with van der Waals surface area (Å²) in [6, 6.07) is 7.42. The van der Waals surface area contributed by atoms with Gasteiger partial charge in [-0.15, -0.1) is 22.9 Å². The molecule has 100 valence electrons. The lowest BCUT2D eigenvalue weighted by atomic mass is 10.1. The van der Waals surface area contributed by atoms with Gasteiger partial charge >= 0.3 is 0 Å². The molecule has 0 unspecified atom stereocenters. The first-order chi connectivity index (χ1) is 9.10. The molecule has 0 aliphatic carbocycles. The fourth-order valence-electron chi connectivity index (χ4n) is 1.79. The topological polar surface area (TPSA) is 33.2 Å². The fourth-order valence-corrected chi connectivity index (χ4v) is 2.81. The molecule has 0 aliphatic rings. The van der Waals surface area contributed by atoms with Crippen LogP contribution in [-0.2, 0) is 12.4 Å². The summed E-state index contributed by atoms with van der Waals surface area (Å²) < 4.78 is 0. The van der Waals surface area contributed by atoms with Gasteiger partial charge in [-0.3, -0.25) is 4.79 Å². The lowest BCUT2D eigenvalue weighted by molar-refractivity contribution is 0.0786. The molecule has 1 amide bonds. The van der Waals surface area contributed by atoms with E-state index < -0.39 is 0 Å². The number of rotatable bonds is 4. The van der Waals surface area contributed by atoms with E-state index >= 15 is 0 Å². The van der Waals surface area contributed by atoms with Gasteiger partial charge in [-0.2, -0.15) is 0 Å². The van der Waals surface area contributed by atoms with Crippen molar-refractivity contribution >= 4 is 28.8 Å². The molecule has 2 aromatic rings. The van der Waals surface area contributed by atoms with Crippen molar-refractivity contribution in [3.63, 3.8) is 0 Å². The summed E-state index contributed by atoms with van der Waals surface area (Å²) >= 11 is 7.39. The van der Waals surface area contributed by atoms with Crippen LogP contribution in [0.2, 0.25) is 0 Å². The number of halogens is 1. The number of thiazole rings is 1. The van der Waals surface area contributed by atoms with Crippen LogP contribution in [-0.4, -0.2) is 22.8 Å². The molecule has 0 atom stereocenters. The van der Waals surface area contributed by atoms with E-state index in [1.807, 2.05) is 37.4 Å². The van der Waals surface area contributed by atoms with Gasteiger partial charge in [0.2, 0.25) is 0 Å². The molecule has 19 heavy (non-hydrogen) atoms. The van der Waals surface area contributed by atoms with Gasteiger partial charge in [-0.1, -0.05) is 12.1 Å². The van der Waals surface area contributed by atoms with Gasteiger partial charge < -0.3 is 4.90 Å². The lowest BCUT2D eigenvalue weighted by Crippen LogP contribution is -2.25. The molecular weight excluding hydrogens is 280 g/mol. The Labute approximate surface area is 121 Å². The summed E-state index contributed by atoms with van der Waals surface area (Å²) in [5, 5.41) is 1.01. The SMILES string of the molecule is Cc1ncc(CN(C)C(=O)c2cccc(CCl)c2)s1. The molecule has 0 aliphatic heterocycles. The van der Waals surface area contributed by atoms with Crippen molar-refractivity contribution in [2.45, 2.75) is 19.3 Å². The van der Waals surface area contributed by atoms with Crippen LogP contribution in [0.1, 0.15) is 25.8 Å². The molecule has 0 bridgehead atoms. The monoisotopic (exact) mass is 294 g/mol. The van der Waals surface area contributed by atoms with Crippen LogP contribution in [0.15, 0.2) is 30.5 Å². The highest BCUT2D eigenvalue weighted by molar-refractivity contribution is 7.11. The van der Waals surface area contributed by atoms with Crippen molar-refractivity contribution in [3.8, 4) is 0 Å². The summed E-state index contributed by atoms with van der Waals surface area (Å²) in [5.41, 5.74) is 1.62. The molecule has 3 nitrogen and oxygen atoms in total. The summed E-state index contributed by atoms with van der Waals surface area (Å²) in [7, 11) is 1.80. The Morgan fingerprint density at radius 2 is 2.26 bits per heavy atom. The van der Waals surface area contributed by atoms with Gasteiger partial charge in [0.15, 0.2) is 0 Å². The van der Waals surface area contributed by atoms with Gasteiger partial charge in [0.1, 0.15) is 0 Å². The Kier molecular flexibility index (Phi) is 4.56. The van der Waals surface area contributed by atoms with Crippen LogP contribution in [0.5, 0.6) is 0 Å². The molecule has 0 fully saturated rings. The van der Waals surface area contributed by atoms with Crippen LogP contribution in [0.3, 0.4) is 0 Å². The molecule has 0 saturated carbocycles. The number of aromatic nitrogens is 1. The second kappa shape index (κ2) is 6.17. The highest BCUT2D eigenvalue weighted by Crippen LogP contribution is 2.16. The van der Waals surface area contributed by atoms with E-state index in [1.165, 1.54) is 0 Å². The summed E-state index contributed by atoms with van der Waals surface area (Å²) in [4.78, 5) is 19.3. The Bertz CT molecular complexity index is 582. The zero-order chi connectivity index (χ0) is 13.8. The first-order valence-corrected chi connectivity index (χ1v) is 7.27. The molecule has 1 aromatic heterocycles. The van der Waals surface area contributed by atoms with Gasteiger partial charge in [0.05, 0.1) is 11.6 Å². The third-order valence-electron chi connectivity index (χ3n) is 2.74. The molecule has 0 saturated heterocycles. The second-order valence-corrected chi connectivity index (χ2v) is 5.93. The lowest BCUT2D eigenvalue weighted by Gasteiger charge is -2.16. The highest BCUT2D eigenvalue weighted by atomic mass is 35.5. The number of nitrogens with zero attached hydrogens (tertiary/aromatic N) is 2. The quantitative estimate of drug-likeness (QED) is 0.809. The maximum atomic E-state index is 12.3. The molecule has 0 radical (unpaired) electrons. The Balaban J connectivity index is 2.09. The number of alkyl halides is 1. The zero-order valence-corrected chi connectivity index (χ0v) is 12.5. The third kappa shape index (κ3) is 3.55. The van der Waals surface area contributed by atoms with Crippen LogP contribution in [0.4, 0.5) is 0 Å². The minimum Gasteiger partial charge on any atom is -0.337 e. The highest BCUT2D eigenvalue weighted by Gasteiger charge is 2.13. The Morgan fingerprint density at radius 1 is 1.47 bits per heavy atom. The molecule has 1 heterocycles. The van der Waals surface area contributed by atoms with Crippen molar-refractivity contribution in [2.24, 2.45) is 0 Å². The predicted molar refractivity (Wildman–Crippen MR) is 78.6 cm³/mol. The van der Waals surface area contributed by atoms with E-state index in [0.29, 0.717) is 18.0 Å². The van der Waals surface area contributed by atoms with Crippen LogP contribution in [0, 0.1) is 6.92 Å². The maximum Gasteiger partial charge on any atom is 0.253 e. The number of hydrogen-bond acceptors (Lipinski definition) is 3. The average Bonchev–Trinajstić information content (AvgIpc) is 2.83. The molecule has 0 spiro atoms. The standard InChI is InChI=1S/C14H15ClN2OS/c1-10-16-8-13(19-10)9-17(2)14(18)12-5-3-4-11(6-12)7-15/h3-6,8H,7,9H2,1-2H3. The summed E-state index contributed by atoms with van der Waals surface area (Å²) in [6.45, 7) is 2.54. The van der Waals surface area contributed by atoms with E-state index in [-0.39, 0.29) is 5.91 Å². The number of carbonyl (C=O) groups is 1. The number of aryl methyl sites for hydroxylation is 1. The molecule has 0 N–H and O–H groups in total. The van der Waals surface area contributed by atoms with Crippen LogP contribution < -0.4 is 0 Å². The van der Waals surface area contributed by atoms with Crippen molar-refractivity contribution < 1.29 is 4.79 Å². The van der Waals surface area contributed by atoms with Crippen molar-refractivity contribution in [2.75, 3.05) is 7.05 Å². The van der Waals surface area contributed by atoms with Crippen LogP contribution >= 0.6 is 22.9 Å². The molecule has 5 heteroatoms. The third-order valence-corrected chi connectivity index (χ3v) is 3.94. The number of hydrogen-bond donors (Lipinski definition) is 0. The molecule has 2 rings (SSSR count). The first kappa shape index (κ1) is 14.0. The minimum atomic E-state index is -0.00183. The van der Waals surface area contributed by atoms with E-state index in [1.54, 1.807) is 23.3 Å². The summed E-state index contributed by atoms with van der Waals surface area (Å²) in [6.07, 6.45) is 1.82. The molecular formula is C14H15ClN2OS. The van der Waals surface area contributed by atoms with E-state index in [0.717, 1.165) is 15.4 Å². The zero-order valence-electron chi connectivity index (χ0n) is 10.9. The fraction of sp³-hybridized carbons (Fsp3) is 0.286. The largest absolute Gasteiger partial charge is 0.337 e. The van der Waals surface area contributed by atoms with Gasteiger partial charge in [-0.25, -0.2) is 4.98 Å². The van der Waals surface area contributed by atoms with E-state index in [2.05, 4.69) is 4.98 Å². The van der Waals surface area contributed by atoms with Crippen molar-refractivity contribution in [1.29, 1.82) is 0 Å². The smallest absolute Gasteiger partial charge is 0.253 e. The van der Waals surface area contributed by atoms with Crippen molar-refractivity contribution in [3.05, 3.63) is 51.5 Å².